The summed E-state index contributed by atoms with van der Waals surface area (Å²) in [4.78, 5) is 0. The van der Waals surface area contributed by atoms with E-state index >= 15 is 0 Å². The Balaban J connectivity index is 2.17. The van der Waals surface area contributed by atoms with Crippen LogP contribution in [0.3, 0.4) is 0 Å². The molecular weight excluding hydrogens is 227 g/mol. The lowest BCUT2D eigenvalue weighted by Gasteiger charge is -2.45. The Labute approximate surface area is 121 Å². The molecule has 0 aliphatic heterocycles. The first-order chi connectivity index (χ1) is 8.98. The highest BCUT2D eigenvalue weighted by atomic mass is 14.4. The third-order valence-electron chi connectivity index (χ3n) is 6.04. The van der Waals surface area contributed by atoms with Crippen molar-refractivity contribution in [2.45, 2.75) is 71.4 Å². The zero-order chi connectivity index (χ0) is 13.9. The molecule has 0 saturated heterocycles. The molecule has 106 valence electrons. The molecule has 0 radical (unpaired) electrons. The molecule has 3 unspecified atom stereocenters. The Morgan fingerprint density at radius 2 is 1.58 bits per heavy atom. The minimum Gasteiger partial charge on any atom is -0.0888 e. The second kappa shape index (κ2) is 5.89. The van der Waals surface area contributed by atoms with Gasteiger partial charge in [0, 0.05) is 0 Å². The second-order valence-electron chi connectivity index (χ2n) is 7.77. The summed E-state index contributed by atoms with van der Waals surface area (Å²) < 4.78 is 0. The Kier molecular flexibility index (Phi) is 4.64. The molecule has 2 aliphatic carbocycles. The summed E-state index contributed by atoms with van der Waals surface area (Å²) in [6.45, 7) is 9.80. The maximum absolute atomic E-state index is 2.47. The van der Waals surface area contributed by atoms with Gasteiger partial charge in [-0.2, -0.15) is 0 Å². The first-order valence-corrected chi connectivity index (χ1v) is 8.33. The van der Waals surface area contributed by atoms with Crippen LogP contribution in [-0.2, 0) is 0 Å². The van der Waals surface area contributed by atoms with Gasteiger partial charge in [-0.3, -0.25) is 0 Å². The first-order valence-electron chi connectivity index (χ1n) is 8.33. The fraction of sp³-hybridized carbons (Fsp3) is 0.778. The Morgan fingerprint density at radius 1 is 0.947 bits per heavy atom. The van der Waals surface area contributed by atoms with Gasteiger partial charge >= 0.3 is 0 Å². The maximum Gasteiger partial charge on any atom is 0.125 e. The Morgan fingerprint density at radius 3 is 2.16 bits per heavy atom. The fourth-order valence-electron chi connectivity index (χ4n) is 4.37. The SMILES string of the molecule is CBC1(C(C)(C)C)CCCCC2C=CC=CC2CC1. The van der Waals surface area contributed by atoms with Crippen LogP contribution in [0.2, 0.25) is 12.1 Å². The van der Waals surface area contributed by atoms with Crippen LogP contribution < -0.4 is 0 Å². The van der Waals surface area contributed by atoms with E-state index in [9.17, 15) is 0 Å². The average Bonchev–Trinajstić information content (AvgIpc) is 2.46. The van der Waals surface area contributed by atoms with E-state index in [-0.39, 0.29) is 0 Å². The van der Waals surface area contributed by atoms with Crippen molar-refractivity contribution in [1.29, 1.82) is 0 Å². The molecule has 1 fully saturated rings. The third kappa shape index (κ3) is 3.17. The van der Waals surface area contributed by atoms with Gasteiger partial charge in [0.15, 0.2) is 0 Å². The van der Waals surface area contributed by atoms with E-state index < -0.39 is 0 Å². The molecule has 0 heterocycles. The lowest BCUT2D eigenvalue weighted by molar-refractivity contribution is 0.216. The molecule has 1 saturated carbocycles. The summed E-state index contributed by atoms with van der Waals surface area (Å²) >= 11 is 0. The normalized spacial score (nSPS) is 36.0. The van der Waals surface area contributed by atoms with Gasteiger partial charge in [0.2, 0.25) is 0 Å². The number of rotatable bonds is 1. The molecule has 0 amide bonds. The molecule has 0 aromatic heterocycles. The van der Waals surface area contributed by atoms with Crippen molar-refractivity contribution in [1.82, 2.24) is 0 Å². The summed E-state index contributed by atoms with van der Waals surface area (Å²) in [5.74, 6) is 1.62. The highest BCUT2D eigenvalue weighted by Gasteiger charge is 2.40. The van der Waals surface area contributed by atoms with Gasteiger partial charge in [0.25, 0.3) is 0 Å². The summed E-state index contributed by atoms with van der Waals surface area (Å²) in [6, 6.07) is 0. The molecule has 2 rings (SSSR count). The molecule has 0 N–H and O–H groups in total. The zero-order valence-electron chi connectivity index (χ0n) is 13.4. The van der Waals surface area contributed by atoms with Gasteiger partial charge in [-0.1, -0.05) is 77.6 Å². The van der Waals surface area contributed by atoms with Crippen LogP contribution in [-0.4, -0.2) is 7.28 Å². The monoisotopic (exact) mass is 258 g/mol. The maximum atomic E-state index is 2.47. The number of hydrogen-bond donors (Lipinski definition) is 0. The quantitative estimate of drug-likeness (QED) is 0.553. The summed E-state index contributed by atoms with van der Waals surface area (Å²) in [7, 11) is 1.34. The van der Waals surface area contributed by atoms with Crippen molar-refractivity contribution in [3.63, 3.8) is 0 Å². The van der Waals surface area contributed by atoms with E-state index in [1.807, 2.05) is 0 Å². The molecule has 19 heavy (non-hydrogen) atoms. The lowest BCUT2D eigenvalue weighted by atomic mass is 9.41. The van der Waals surface area contributed by atoms with E-state index in [4.69, 9.17) is 0 Å². The van der Waals surface area contributed by atoms with Crippen molar-refractivity contribution < 1.29 is 0 Å². The van der Waals surface area contributed by atoms with E-state index in [0.29, 0.717) is 10.7 Å². The van der Waals surface area contributed by atoms with Crippen molar-refractivity contribution in [3.8, 4) is 0 Å². The Hall–Kier alpha value is -0.455. The van der Waals surface area contributed by atoms with Gasteiger partial charge in [-0.25, -0.2) is 0 Å². The predicted molar refractivity (Wildman–Crippen MR) is 88.1 cm³/mol. The Bertz CT molecular complexity index is 347. The zero-order valence-corrected chi connectivity index (χ0v) is 13.4. The van der Waals surface area contributed by atoms with Gasteiger partial charge in [-0.15, -0.1) is 0 Å². The summed E-state index contributed by atoms with van der Waals surface area (Å²) in [5, 5.41) is 0.552. The van der Waals surface area contributed by atoms with Crippen LogP contribution in [0, 0.1) is 17.3 Å². The van der Waals surface area contributed by atoms with E-state index in [1.165, 1.54) is 45.8 Å². The lowest BCUT2D eigenvalue weighted by Crippen LogP contribution is -2.34. The summed E-state index contributed by atoms with van der Waals surface area (Å²) in [6.07, 6.45) is 17.9. The molecular formula is C18H31B. The standard InChI is InChI=1S/C18H31B/c1-17(2,3)18(19-4)13-8-7-11-15-9-5-6-10-16(15)12-14-18/h5-6,9-10,15-16,19H,7-8,11-14H2,1-4H3. The van der Waals surface area contributed by atoms with Gasteiger partial charge < -0.3 is 0 Å². The molecule has 0 aromatic carbocycles. The molecule has 0 bridgehead atoms. The molecule has 0 spiro atoms. The molecule has 0 aromatic rings. The van der Waals surface area contributed by atoms with Gasteiger partial charge in [-0.05, 0) is 35.4 Å². The summed E-state index contributed by atoms with van der Waals surface area (Å²) in [5.41, 5.74) is 0.440. The van der Waals surface area contributed by atoms with Crippen LogP contribution in [0.5, 0.6) is 0 Å². The van der Waals surface area contributed by atoms with Crippen molar-refractivity contribution in [3.05, 3.63) is 24.3 Å². The van der Waals surface area contributed by atoms with E-state index in [2.05, 4.69) is 51.9 Å². The van der Waals surface area contributed by atoms with E-state index in [1.54, 1.807) is 0 Å². The van der Waals surface area contributed by atoms with Crippen LogP contribution in [0.25, 0.3) is 0 Å². The average molecular weight is 258 g/mol. The van der Waals surface area contributed by atoms with Crippen LogP contribution >= 0.6 is 0 Å². The minimum atomic E-state index is 0.440. The second-order valence-corrected chi connectivity index (χ2v) is 7.77. The third-order valence-corrected chi connectivity index (χ3v) is 6.04. The highest BCUT2D eigenvalue weighted by Crippen LogP contribution is 2.54. The number of allylic oxidation sites excluding steroid dienone is 4. The van der Waals surface area contributed by atoms with Crippen molar-refractivity contribution in [2.75, 3.05) is 0 Å². The minimum absolute atomic E-state index is 0.440. The fourth-order valence-corrected chi connectivity index (χ4v) is 4.37. The topological polar surface area (TPSA) is 0 Å². The smallest absolute Gasteiger partial charge is 0.0888 e. The van der Waals surface area contributed by atoms with Gasteiger partial charge in [0.1, 0.15) is 7.28 Å². The molecule has 3 atom stereocenters. The molecule has 1 heteroatoms. The van der Waals surface area contributed by atoms with Crippen molar-refractivity contribution in [2.24, 2.45) is 17.3 Å². The van der Waals surface area contributed by atoms with Gasteiger partial charge in [0.05, 0.1) is 0 Å². The van der Waals surface area contributed by atoms with Crippen LogP contribution in [0.15, 0.2) is 24.3 Å². The van der Waals surface area contributed by atoms with Crippen LogP contribution in [0.4, 0.5) is 0 Å². The molecule has 0 nitrogen and oxygen atoms in total. The first kappa shape index (κ1) is 14.9. The number of hydrogen-bond acceptors (Lipinski definition) is 0. The van der Waals surface area contributed by atoms with Crippen molar-refractivity contribution >= 4 is 7.28 Å². The highest BCUT2D eigenvalue weighted by molar-refractivity contribution is 6.38. The van der Waals surface area contributed by atoms with Crippen LogP contribution in [0.1, 0.15) is 59.3 Å². The predicted octanol–water partition coefficient (Wildman–Crippen LogP) is 5.39. The molecule has 2 aliphatic rings. The van der Waals surface area contributed by atoms with E-state index in [0.717, 1.165) is 11.8 Å². The largest absolute Gasteiger partial charge is 0.125 e. The number of fused-ring (bicyclic) bond motifs is 1.